The van der Waals surface area contributed by atoms with Crippen LogP contribution in [0.5, 0.6) is 0 Å². The van der Waals surface area contributed by atoms with E-state index in [4.69, 9.17) is 0 Å². The molecule has 0 spiro atoms. The minimum absolute atomic E-state index is 0.0974. The molecular formula is C28H31FN8O. The summed E-state index contributed by atoms with van der Waals surface area (Å²) in [4.78, 5) is 26.8. The van der Waals surface area contributed by atoms with Gasteiger partial charge in [-0.15, -0.1) is 0 Å². The lowest BCUT2D eigenvalue weighted by Gasteiger charge is -2.34. The zero-order valence-corrected chi connectivity index (χ0v) is 22.4. The number of hydrogen-bond donors (Lipinski definition) is 2. The highest BCUT2D eigenvalue weighted by molar-refractivity contribution is 5.77. The number of nitrogens with zero attached hydrogens (tertiary/aromatic N) is 6. The number of hydrogen-bond acceptors (Lipinski definition) is 7. The van der Waals surface area contributed by atoms with Gasteiger partial charge in [0.05, 0.1) is 17.2 Å². The van der Waals surface area contributed by atoms with Crippen LogP contribution in [0, 0.1) is 17.1 Å². The Labute approximate surface area is 220 Å². The SMILES string of the molecule is CC(C)n1c(=O)c2cnc(Nc3ccc4c(c3)CCNC4(C)C)nc2n1-c1nc(C(C)(C)C#N)ccc1F. The highest BCUT2D eigenvalue weighted by Gasteiger charge is 2.28. The summed E-state index contributed by atoms with van der Waals surface area (Å²) in [6.07, 6.45) is 2.36. The zero-order valence-electron chi connectivity index (χ0n) is 22.4. The van der Waals surface area contributed by atoms with E-state index in [-0.39, 0.29) is 39.9 Å². The summed E-state index contributed by atoms with van der Waals surface area (Å²) < 4.78 is 18.1. The second kappa shape index (κ2) is 9.03. The third-order valence-corrected chi connectivity index (χ3v) is 7.06. The molecule has 0 saturated carbocycles. The van der Waals surface area contributed by atoms with E-state index in [0.29, 0.717) is 5.69 Å². The first-order chi connectivity index (χ1) is 17.9. The van der Waals surface area contributed by atoms with E-state index in [1.54, 1.807) is 13.8 Å². The number of anilines is 2. The van der Waals surface area contributed by atoms with Gasteiger partial charge in [-0.25, -0.2) is 23.7 Å². The van der Waals surface area contributed by atoms with Crippen LogP contribution >= 0.6 is 0 Å². The van der Waals surface area contributed by atoms with Crippen LogP contribution in [0.15, 0.2) is 41.3 Å². The van der Waals surface area contributed by atoms with Crippen LogP contribution in [-0.4, -0.2) is 30.9 Å². The topological polar surface area (TPSA) is 113 Å². The van der Waals surface area contributed by atoms with Gasteiger partial charge in [0.15, 0.2) is 17.3 Å². The molecule has 4 aromatic rings. The summed E-state index contributed by atoms with van der Waals surface area (Å²) >= 11 is 0. The Kier molecular flexibility index (Phi) is 6.07. The fourth-order valence-corrected chi connectivity index (χ4v) is 4.94. The maximum Gasteiger partial charge on any atom is 0.278 e. The molecule has 0 aliphatic carbocycles. The number of nitrogens with one attached hydrogen (secondary N) is 2. The average molecular weight is 515 g/mol. The summed E-state index contributed by atoms with van der Waals surface area (Å²) in [5, 5.41) is 16.6. The number of aromatic nitrogens is 5. The Morgan fingerprint density at radius 2 is 1.97 bits per heavy atom. The summed E-state index contributed by atoms with van der Waals surface area (Å²) in [6, 6.07) is 10.8. The lowest BCUT2D eigenvalue weighted by atomic mass is 9.85. The molecule has 10 heteroatoms. The molecule has 5 rings (SSSR count). The maximum absolute atomic E-state index is 15.3. The van der Waals surface area contributed by atoms with Crippen molar-refractivity contribution in [1.29, 1.82) is 5.26 Å². The molecule has 0 bridgehead atoms. The van der Waals surface area contributed by atoms with E-state index in [9.17, 15) is 10.1 Å². The monoisotopic (exact) mass is 514 g/mol. The molecule has 9 nitrogen and oxygen atoms in total. The Bertz CT molecular complexity index is 1660. The minimum atomic E-state index is -0.952. The van der Waals surface area contributed by atoms with Crippen molar-refractivity contribution in [3.05, 3.63) is 69.5 Å². The molecule has 2 N–H and O–H groups in total. The molecule has 38 heavy (non-hydrogen) atoms. The third kappa shape index (κ3) is 4.23. The average Bonchev–Trinajstić information content (AvgIpc) is 3.15. The molecule has 0 radical (unpaired) electrons. The molecule has 0 fully saturated rings. The second-order valence-electron chi connectivity index (χ2n) is 11.0. The van der Waals surface area contributed by atoms with Gasteiger partial charge in [-0.1, -0.05) is 6.07 Å². The smallest absolute Gasteiger partial charge is 0.278 e. The summed E-state index contributed by atoms with van der Waals surface area (Å²) in [5.41, 5.74) is 2.51. The number of halogens is 1. The lowest BCUT2D eigenvalue weighted by molar-refractivity contribution is 0.382. The van der Waals surface area contributed by atoms with Gasteiger partial charge in [-0.2, -0.15) is 10.2 Å². The Hall–Kier alpha value is -4.10. The van der Waals surface area contributed by atoms with Crippen LogP contribution in [0.25, 0.3) is 16.9 Å². The van der Waals surface area contributed by atoms with Crippen LogP contribution in [0.2, 0.25) is 0 Å². The van der Waals surface area contributed by atoms with Crippen molar-refractivity contribution in [2.24, 2.45) is 0 Å². The second-order valence-corrected chi connectivity index (χ2v) is 11.0. The van der Waals surface area contributed by atoms with Crippen LogP contribution in [0.3, 0.4) is 0 Å². The largest absolute Gasteiger partial charge is 0.324 e. The van der Waals surface area contributed by atoms with Gasteiger partial charge >= 0.3 is 0 Å². The predicted molar refractivity (Wildman–Crippen MR) is 144 cm³/mol. The molecule has 3 aromatic heterocycles. The minimum Gasteiger partial charge on any atom is -0.324 e. The third-order valence-electron chi connectivity index (χ3n) is 7.06. The standard InChI is InChI=1S/C28H31FN8O/c1-16(2)36-25(38)19-14-31-26(33-18-7-8-20-17(13-18)11-12-32-28(20,5)6)35-23(19)37(36)24-21(29)9-10-22(34-24)27(3,4)15-30/h7-10,13-14,16,32H,11-12H2,1-6H3,(H,31,33,35). The number of pyridine rings is 1. The molecule has 0 atom stereocenters. The quantitative estimate of drug-likeness (QED) is 0.399. The highest BCUT2D eigenvalue weighted by atomic mass is 19.1. The van der Waals surface area contributed by atoms with Gasteiger partial charge in [0.2, 0.25) is 5.95 Å². The molecule has 1 aromatic carbocycles. The van der Waals surface area contributed by atoms with Gasteiger partial charge < -0.3 is 10.6 Å². The van der Waals surface area contributed by atoms with Crippen LogP contribution in [0.4, 0.5) is 16.0 Å². The van der Waals surface area contributed by atoms with Crippen molar-refractivity contribution >= 4 is 22.7 Å². The molecule has 4 heterocycles. The highest BCUT2D eigenvalue weighted by Crippen LogP contribution is 2.31. The molecule has 1 aliphatic rings. The Morgan fingerprint density at radius 3 is 2.68 bits per heavy atom. The van der Waals surface area contributed by atoms with E-state index in [1.165, 1.54) is 38.8 Å². The van der Waals surface area contributed by atoms with Crippen molar-refractivity contribution in [3.63, 3.8) is 0 Å². The lowest BCUT2D eigenvalue weighted by Crippen LogP contribution is -2.42. The number of rotatable bonds is 5. The van der Waals surface area contributed by atoms with E-state index in [1.807, 2.05) is 19.9 Å². The van der Waals surface area contributed by atoms with Crippen LogP contribution < -0.4 is 16.2 Å². The molecule has 1 aliphatic heterocycles. The zero-order chi connectivity index (χ0) is 27.4. The molecule has 0 amide bonds. The van der Waals surface area contributed by atoms with E-state index in [0.717, 1.165) is 18.7 Å². The first-order valence-electron chi connectivity index (χ1n) is 12.7. The van der Waals surface area contributed by atoms with Crippen molar-refractivity contribution in [2.75, 3.05) is 11.9 Å². The van der Waals surface area contributed by atoms with Gasteiger partial charge in [0, 0.05) is 23.5 Å². The number of nitriles is 1. The van der Waals surface area contributed by atoms with Gasteiger partial charge in [0.25, 0.3) is 5.56 Å². The molecular weight excluding hydrogens is 483 g/mol. The first-order valence-corrected chi connectivity index (χ1v) is 12.7. The number of benzene rings is 1. The van der Waals surface area contributed by atoms with Crippen LogP contribution in [-0.2, 0) is 17.4 Å². The van der Waals surface area contributed by atoms with E-state index < -0.39 is 11.2 Å². The van der Waals surface area contributed by atoms with Gasteiger partial charge in [0.1, 0.15) is 5.39 Å². The Morgan fingerprint density at radius 1 is 1.21 bits per heavy atom. The Balaban J connectivity index is 1.65. The van der Waals surface area contributed by atoms with Gasteiger partial charge in [-0.05, 0) is 89.9 Å². The van der Waals surface area contributed by atoms with E-state index >= 15 is 4.39 Å². The van der Waals surface area contributed by atoms with Crippen LogP contribution in [0.1, 0.15) is 64.4 Å². The van der Waals surface area contributed by atoms with Crippen molar-refractivity contribution in [2.45, 2.75) is 65.0 Å². The van der Waals surface area contributed by atoms with E-state index in [2.05, 4.69) is 57.6 Å². The normalized spacial score (nSPS) is 14.9. The van der Waals surface area contributed by atoms with Crippen molar-refractivity contribution in [1.82, 2.24) is 29.6 Å². The van der Waals surface area contributed by atoms with Gasteiger partial charge in [-0.3, -0.25) is 4.79 Å². The summed E-state index contributed by atoms with van der Waals surface area (Å²) in [6.45, 7) is 12.3. The predicted octanol–water partition coefficient (Wildman–Crippen LogP) is 4.62. The fourth-order valence-electron chi connectivity index (χ4n) is 4.94. The molecule has 0 saturated heterocycles. The van der Waals surface area contributed by atoms with Crippen molar-refractivity contribution in [3.8, 4) is 11.9 Å². The summed E-state index contributed by atoms with van der Waals surface area (Å²) in [7, 11) is 0. The first kappa shape index (κ1) is 25.5. The number of fused-ring (bicyclic) bond motifs is 2. The molecule has 0 unspecified atom stereocenters. The molecule has 196 valence electrons. The fraction of sp³-hybridized carbons (Fsp3) is 0.393. The summed E-state index contributed by atoms with van der Waals surface area (Å²) in [5.74, 6) is -0.457. The maximum atomic E-state index is 15.3. The van der Waals surface area contributed by atoms with Crippen molar-refractivity contribution < 1.29 is 4.39 Å².